The third kappa shape index (κ3) is 4.04. The number of nitrogens with one attached hydrogen (secondary N) is 1. The summed E-state index contributed by atoms with van der Waals surface area (Å²) in [5.41, 5.74) is 1.08. The lowest BCUT2D eigenvalue weighted by Crippen LogP contribution is -2.36. The highest BCUT2D eigenvalue weighted by Gasteiger charge is 2.08. The summed E-state index contributed by atoms with van der Waals surface area (Å²) in [6.45, 7) is 3.15. The minimum atomic E-state index is -0.0855. The zero-order valence-electron chi connectivity index (χ0n) is 9.69. The van der Waals surface area contributed by atoms with Gasteiger partial charge in [0.25, 0.3) is 0 Å². The number of aliphatic hydroxyl groups is 1. The van der Waals surface area contributed by atoms with Gasteiger partial charge in [0, 0.05) is 18.7 Å². The lowest BCUT2D eigenvalue weighted by atomic mass is 10.2. The molecule has 0 aromatic carbocycles. The number of nitrogens with zero attached hydrogens (tertiary/aromatic N) is 1. The van der Waals surface area contributed by atoms with Crippen LogP contribution in [0.15, 0.2) is 16.7 Å². The van der Waals surface area contributed by atoms with Crippen molar-refractivity contribution in [3.05, 3.63) is 23.7 Å². The first-order valence-corrected chi connectivity index (χ1v) is 5.22. The fourth-order valence-corrected chi connectivity index (χ4v) is 1.42. The molecule has 90 valence electrons. The molecule has 0 aliphatic carbocycles. The number of carbonyl (C=O) groups excluding carboxylic acids is 1. The first-order valence-electron chi connectivity index (χ1n) is 5.22. The van der Waals surface area contributed by atoms with Crippen molar-refractivity contribution >= 4 is 5.91 Å². The molecule has 5 heteroatoms. The number of hydrogen-bond acceptors (Lipinski definition) is 4. The second-order valence-electron chi connectivity index (χ2n) is 3.75. The molecule has 5 nitrogen and oxygen atoms in total. The number of rotatable bonds is 6. The largest absolute Gasteiger partial charge is 0.469 e. The van der Waals surface area contributed by atoms with Gasteiger partial charge in [0.15, 0.2) is 0 Å². The fourth-order valence-electron chi connectivity index (χ4n) is 1.42. The molecule has 0 saturated carbocycles. The molecule has 1 amide bonds. The van der Waals surface area contributed by atoms with Crippen molar-refractivity contribution in [1.29, 1.82) is 0 Å². The van der Waals surface area contributed by atoms with Crippen molar-refractivity contribution in [3.63, 3.8) is 0 Å². The monoisotopic (exact) mass is 226 g/mol. The molecule has 1 aromatic heterocycles. The molecule has 0 aliphatic heterocycles. The Morgan fingerprint density at radius 2 is 2.38 bits per heavy atom. The van der Waals surface area contributed by atoms with E-state index in [0.717, 1.165) is 11.3 Å². The average Bonchev–Trinajstić information content (AvgIpc) is 2.61. The van der Waals surface area contributed by atoms with Crippen LogP contribution in [-0.2, 0) is 11.3 Å². The van der Waals surface area contributed by atoms with Crippen LogP contribution in [-0.4, -0.2) is 42.7 Å². The predicted octanol–water partition coefficient (Wildman–Crippen LogP) is 0.128. The number of aliphatic hydroxyl groups excluding tert-OH is 1. The van der Waals surface area contributed by atoms with Crippen molar-refractivity contribution in [2.45, 2.75) is 13.5 Å². The van der Waals surface area contributed by atoms with E-state index >= 15 is 0 Å². The summed E-state index contributed by atoms with van der Waals surface area (Å²) < 4.78 is 5.17. The second kappa shape index (κ2) is 6.30. The quantitative estimate of drug-likeness (QED) is 0.723. The van der Waals surface area contributed by atoms with E-state index < -0.39 is 0 Å². The molecular formula is C11H18N2O3. The van der Waals surface area contributed by atoms with Gasteiger partial charge in [-0.3, -0.25) is 9.69 Å². The van der Waals surface area contributed by atoms with Crippen molar-refractivity contribution in [1.82, 2.24) is 10.2 Å². The number of hydrogen-bond donors (Lipinski definition) is 2. The van der Waals surface area contributed by atoms with E-state index in [-0.39, 0.29) is 12.5 Å². The minimum absolute atomic E-state index is 0.0315. The first kappa shape index (κ1) is 12.7. The van der Waals surface area contributed by atoms with Gasteiger partial charge in [-0.15, -0.1) is 0 Å². The number of carbonyl (C=O) groups is 1. The van der Waals surface area contributed by atoms with Gasteiger partial charge in [0.1, 0.15) is 5.76 Å². The molecule has 0 bridgehead atoms. The third-order valence-corrected chi connectivity index (χ3v) is 2.25. The van der Waals surface area contributed by atoms with Gasteiger partial charge in [0.05, 0.1) is 19.4 Å². The van der Waals surface area contributed by atoms with Crippen molar-refractivity contribution < 1.29 is 14.3 Å². The molecule has 0 fully saturated rings. The Bertz CT molecular complexity index is 336. The van der Waals surface area contributed by atoms with E-state index in [2.05, 4.69) is 5.32 Å². The SMILES string of the molecule is Cc1occc1CN(C)CC(=O)NCCO. The fraction of sp³-hybridized carbons (Fsp3) is 0.545. The molecular weight excluding hydrogens is 208 g/mol. The van der Waals surface area contributed by atoms with Crippen LogP contribution in [0.25, 0.3) is 0 Å². The van der Waals surface area contributed by atoms with Gasteiger partial charge in [-0.25, -0.2) is 0 Å². The van der Waals surface area contributed by atoms with E-state index in [1.807, 2.05) is 24.9 Å². The molecule has 0 unspecified atom stereocenters. The van der Waals surface area contributed by atoms with E-state index in [4.69, 9.17) is 9.52 Å². The Hall–Kier alpha value is -1.33. The Balaban J connectivity index is 2.33. The minimum Gasteiger partial charge on any atom is -0.469 e. The highest BCUT2D eigenvalue weighted by Crippen LogP contribution is 2.10. The van der Waals surface area contributed by atoms with E-state index in [1.54, 1.807) is 6.26 Å². The molecule has 2 N–H and O–H groups in total. The summed E-state index contributed by atoms with van der Waals surface area (Å²) >= 11 is 0. The smallest absolute Gasteiger partial charge is 0.234 e. The molecule has 0 spiro atoms. The van der Waals surface area contributed by atoms with Gasteiger partial charge in [-0.1, -0.05) is 0 Å². The maximum Gasteiger partial charge on any atom is 0.234 e. The molecule has 0 aliphatic rings. The first-order chi connectivity index (χ1) is 7.63. The lowest BCUT2D eigenvalue weighted by molar-refractivity contribution is -0.122. The van der Waals surface area contributed by atoms with Gasteiger partial charge in [-0.05, 0) is 20.0 Å². The summed E-state index contributed by atoms with van der Waals surface area (Å²) in [6.07, 6.45) is 1.64. The molecule has 0 atom stereocenters. The number of amides is 1. The Morgan fingerprint density at radius 3 is 2.94 bits per heavy atom. The van der Waals surface area contributed by atoms with Crippen LogP contribution in [0, 0.1) is 6.92 Å². The molecule has 1 rings (SSSR count). The molecule has 0 saturated heterocycles. The molecule has 1 aromatic rings. The van der Waals surface area contributed by atoms with Crippen molar-refractivity contribution in [2.24, 2.45) is 0 Å². The van der Waals surface area contributed by atoms with Gasteiger partial charge < -0.3 is 14.8 Å². The van der Waals surface area contributed by atoms with Crippen LogP contribution in [0.2, 0.25) is 0 Å². The second-order valence-corrected chi connectivity index (χ2v) is 3.75. The van der Waals surface area contributed by atoms with Crippen LogP contribution < -0.4 is 5.32 Å². The molecule has 1 heterocycles. The maximum atomic E-state index is 11.3. The van der Waals surface area contributed by atoms with Crippen molar-refractivity contribution in [2.75, 3.05) is 26.7 Å². The van der Waals surface area contributed by atoms with Crippen LogP contribution in [0.4, 0.5) is 0 Å². The Kier molecular flexibility index (Phi) is 5.01. The number of likely N-dealkylation sites (N-methyl/N-ethyl adjacent to an activating group) is 1. The van der Waals surface area contributed by atoms with Gasteiger partial charge >= 0.3 is 0 Å². The Labute approximate surface area is 95.0 Å². The van der Waals surface area contributed by atoms with Gasteiger partial charge in [0.2, 0.25) is 5.91 Å². The number of aryl methyl sites for hydroxylation is 1. The summed E-state index contributed by atoms with van der Waals surface area (Å²) in [5.74, 6) is 0.792. The van der Waals surface area contributed by atoms with E-state index in [1.165, 1.54) is 0 Å². The number of furan rings is 1. The highest BCUT2D eigenvalue weighted by atomic mass is 16.3. The molecule has 16 heavy (non-hydrogen) atoms. The summed E-state index contributed by atoms with van der Waals surface area (Å²) in [6, 6.07) is 1.90. The van der Waals surface area contributed by atoms with Crippen LogP contribution >= 0.6 is 0 Å². The van der Waals surface area contributed by atoms with E-state index in [0.29, 0.717) is 19.6 Å². The third-order valence-electron chi connectivity index (χ3n) is 2.25. The lowest BCUT2D eigenvalue weighted by Gasteiger charge is -2.15. The van der Waals surface area contributed by atoms with Gasteiger partial charge in [-0.2, -0.15) is 0 Å². The predicted molar refractivity (Wildman–Crippen MR) is 59.9 cm³/mol. The normalized spacial score (nSPS) is 10.8. The zero-order chi connectivity index (χ0) is 12.0. The Morgan fingerprint density at radius 1 is 1.62 bits per heavy atom. The van der Waals surface area contributed by atoms with E-state index in [9.17, 15) is 4.79 Å². The zero-order valence-corrected chi connectivity index (χ0v) is 9.69. The molecule has 0 radical (unpaired) electrons. The summed E-state index contributed by atoms with van der Waals surface area (Å²) in [5, 5.41) is 11.2. The highest BCUT2D eigenvalue weighted by molar-refractivity contribution is 5.77. The standard InChI is InChI=1S/C11H18N2O3/c1-9-10(3-6-16-9)7-13(2)8-11(15)12-4-5-14/h3,6,14H,4-5,7-8H2,1-2H3,(H,12,15). The summed E-state index contributed by atoms with van der Waals surface area (Å²) in [4.78, 5) is 13.2. The van der Waals surface area contributed by atoms with Crippen molar-refractivity contribution in [3.8, 4) is 0 Å². The topological polar surface area (TPSA) is 65.7 Å². The van der Waals surface area contributed by atoms with Crippen LogP contribution in [0.5, 0.6) is 0 Å². The average molecular weight is 226 g/mol. The maximum absolute atomic E-state index is 11.3. The summed E-state index contributed by atoms with van der Waals surface area (Å²) in [7, 11) is 1.87. The van der Waals surface area contributed by atoms with Crippen LogP contribution in [0.1, 0.15) is 11.3 Å². The van der Waals surface area contributed by atoms with Crippen LogP contribution in [0.3, 0.4) is 0 Å².